The highest BCUT2D eigenvalue weighted by atomic mass is 19.1. The molecule has 4 rings (SSSR count). The van der Waals surface area contributed by atoms with E-state index in [4.69, 9.17) is 4.98 Å². The standard InChI is InChI=1S/C22H25FN4O/c1-3-27-19-11-7-6-10-18(19)25-20(27)13-26-14-22(15-26,21(28)24-2)12-16-8-4-5-9-17(16)23/h4-11H,3,12-15H2,1-2H3,(H,24,28). The number of aromatic nitrogens is 2. The third-order valence-corrected chi connectivity index (χ3v) is 5.66. The van der Waals surface area contributed by atoms with Gasteiger partial charge in [-0.2, -0.15) is 0 Å². The summed E-state index contributed by atoms with van der Waals surface area (Å²) >= 11 is 0. The molecule has 0 spiro atoms. The number of likely N-dealkylation sites (tertiary alicyclic amines) is 1. The third-order valence-electron chi connectivity index (χ3n) is 5.66. The van der Waals surface area contributed by atoms with E-state index >= 15 is 0 Å². The highest BCUT2D eigenvalue weighted by molar-refractivity contribution is 5.84. The van der Waals surface area contributed by atoms with Crippen LogP contribution >= 0.6 is 0 Å². The lowest BCUT2D eigenvalue weighted by Crippen LogP contribution is -2.63. The maximum absolute atomic E-state index is 14.2. The molecule has 28 heavy (non-hydrogen) atoms. The van der Waals surface area contributed by atoms with Gasteiger partial charge in [0.25, 0.3) is 0 Å². The van der Waals surface area contributed by atoms with Gasteiger partial charge in [-0.3, -0.25) is 9.69 Å². The Hall–Kier alpha value is -2.73. The molecule has 146 valence electrons. The van der Waals surface area contributed by atoms with E-state index in [1.54, 1.807) is 19.2 Å². The topological polar surface area (TPSA) is 50.2 Å². The molecule has 1 N–H and O–H groups in total. The number of hydrogen-bond acceptors (Lipinski definition) is 3. The summed E-state index contributed by atoms with van der Waals surface area (Å²) in [6, 6.07) is 14.8. The fourth-order valence-electron chi connectivity index (χ4n) is 4.33. The zero-order valence-corrected chi connectivity index (χ0v) is 16.3. The first kappa shape index (κ1) is 18.6. The summed E-state index contributed by atoms with van der Waals surface area (Å²) in [5.74, 6) is 0.716. The molecule has 0 radical (unpaired) electrons. The van der Waals surface area contributed by atoms with Crippen LogP contribution in [0.15, 0.2) is 48.5 Å². The molecule has 2 heterocycles. The van der Waals surface area contributed by atoms with Crippen molar-refractivity contribution < 1.29 is 9.18 Å². The zero-order valence-electron chi connectivity index (χ0n) is 16.3. The van der Waals surface area contributed by atoms with Gasteiger partial charge in [-0.25, -0.2) is 9.37 Å². The first-order valence-corrected chi connectivity index (χ1v) is 9.68. The molecule has 1 aromatic heterocycles. The molecule has 5 nitrogen and oxygen atoms in total. The van der Waals surface area contributed by atoms with Crippen molar-refractivity contribution in [1.29, 1.82) is 0 Å². The van der Waals surface area contributed by atoms with Crippen molar-refractivity contribution in [3.63, 3.8) is 0 Å². The number of para-hydroxylation sites is 2. The number of carbonyl (C=O) groups is 1. The predicted molar refractivity (Wildman–Crippen MR) is 107 cm³/mol. The van der Waals surface area contributed by atoms with Crippen molar-refractivity contribution in [3.8, 4) is 0 Å². The van der Waals surface area contributed by atoms with Gasteiger partial charge in [0.05, 0.1) is 23.0 Å². The van der Waals surface area contributed by atoms with Gasteiger partial charge < -0.3 is 9.88 Å². The van der Waals surface area contributed by atoms with E-state index in [0.717, 1.165) is 23.4 Å². The Morgan fingerprint density at radius 2 is 1.89 bits per heavy atom. The van der Waals surface area contributed by atoms with Crippen LogP contribution < -0.4 is 5.32 Å². The fraction of sp³-hybridized carbons (Fsp3) is 0.364. The van der Waals surface area contributed by atoms with Gasteiger partial charge >= 0.3 is 0 Å². The molecule has 1 saturated heterocycles. The van der Waals surface area contributed by atoms with Crippen LogP contribution in [0.5, 0.6) is 0 Å². The van der Waals surface area contributed by atoms with Crippen molar-refractivity contribution in [3.05, 3.63) is 65.7 Å². The highest BCUT2D eigenvalue weighted by Gasteiger charge is 2.49. The van der Waals surface area contributed by atoms with E-state index in [1.165, 1.54) is 6.07 Å². The van der Waals surface area contributed by atoms with Gasteiger partial charge in [0, 0.05) is 26.7 Å². The van der Waals surface area contributed by atoms with E-state index in [2.05, 4.69) is 27.8 Å². The van der Waals surface area contributed by atoms with Crippen molar-refractivity contribution in [2.45, 2.75) is 26.4 Å². The number of aryl methyl sites for hydroxylation is 1. The summed E-state index contributed by atoms with van der Waals surface area (Å²) < 4.78 is 16.4. The van der Waals surface area contributed by atoms with Gasteiger partial charge in [-0.15, -0.1) is 0 Å². The molecular formula is C22H25FN4O. The van der Waals surface area contributed by atoms with Crippen LogP contribution in [-0.2, 0) is 24.3 Å². The van der Waals surface area contributed by atoms with Crippen LogP contribution in [0.1, 0.15) is 18.3 Å². The van der Waals surface area contributed by atoms with Crippen molar-refractivity contribution in [2.24, 2.45) is 5.41 Å². The maximum Gasteiger partial charge on any atom is 0.228 e. The van der Waals surface area contributed by atoms with Gasteiger partial charge in [-0.05, 0) is 37.1 Å². The number of benzene rings is 2. The fourth-order valence-corrected chi connectivity index (χ4v) is 4.33. The Bertz CT molecular complexity index is 1010. The molecule has 0 unspecified atom stereocenters. The molecule has 1 fully saturated rings. The second-order valence-electron chi connectivity index (χ2n) is 7.53. The van der Waals surface area contributed by atoms with E-state index in [-0.39, 0.29) is 11.7 Å². The van der Waals surface area contributed by atoms with E-state index < -0.39 is 5.41 Å². The minimum Gasteiger partial charge on any atom is -0.359 e. The largest absolute Gasteiger partial charge is 0.359 e. The Morgan fingerprint density at radius 3 is 2.61 bits per heavy atom. The molecule has 0 atom stereocenters. The molecule has 0 saturated carbocycles. The lowest BCUT2D eigenvalue weighted by molar-refractivity contribution is -0.142. The Kier molecular flexibility index (Phi) is 4.89. The molecule has 3 aromatic rings. The Labute approximate surface area is 164 Å². The number of nitrogens with one attached hydrogen (secondary N) is 1. The molecule has 1 aliphatic heterocycles. The summed E-state index contributed by atoms with van der Waals surface area (Å²) in [6.07, 6.45) is 0.403. The summed E-state index contributed by atoms with van der Waals surface area (Å²) in [7, 11) is 1.64. The van der Waals surface area contributed by atoms with Crippen LogP contribution in [0.3, 0.4) is 0 Å². The van der Waals surface area contributed by atoms with E-state index in [9.17, 15) is 9.18 Å². The molecule has 0 aliphatic carbocycles. The number of hydrogen-bond donors (Lipinski definition) is 1. The number of carbonyl (C=O) groups excluding carboxylic acids is 1. The molecule has 1 amide bonds. The molecule has 1 aliphatic rings. The predicted octanol–water partition coefficient (Wildman–Crippen LogP) is 2.99. The summed E-state index contributed by atoms with van der Waals surface area (Å²) in [5, 5.41) is 2.77. The van der Waals surface area contributed by atoms with Gasteiger partial charge in [0.1, 0.15) is 11.6 Å². The highest BCUT2D eigenvalue weighted by Crippen LogP contribution is 2.36. The summed E-state index contributed by atoms with van der Waals surface area (Å²) in [5.41, 5.74) is 2.11. The van der Waals surface area contributed by atoms with Crippen molar-refractivity contribution in [1.82, 2.24) is 19.8 Å². The second kappa shape index (κ2) is 7.36. The number of nitrogens with zero attached hydrogens (tertiary/aromatic N) is 3. The Morgan fingerprint density at radius 1 is 1.18 bits per heavy atom. The van der Waals surface area contributed by atoms with E-state index in [0.29, 0.717) is 31.6 Å². The first-order chi connectivity index (χ1) is 13.6. The lowest BCUT2D eigenvalue weighted by Gasteiger charge is -2.48. The van der Waals surface area contributed by atoms with Crippen LogP contribution in [0.25, 0.3) is 11.0 Å². The van der Waals surface area contributed by atoms with Crippen molar-refractivity contribution >= 4 is 16.9 Å². The smallest absolute Gasteiger partial charge is 0.228 e. The normalized spacial score (nSPS) is 16.1. The lowest BCUT2D eigenvalue weighted by atomic mass is 9.73. The van der Waals surface area contributed by atoms with E-state index in [1.807, 2.05) is 24.3 Å². The van der Waals surface area contributed by atoms with Gasteiger partial charge in [0.2, 0.25) is 5.91 Å². The first-order valence-electron chi connectivity index (χ1n) is 9.68. The number of imidazole rings is 1. The van der Waals surface area contributed by atoms with Gasteiger partial charge in [0.15, 0.2) is 0 Å². The Balaban J connectivity index is 1.53. The van der Waals surface area contributed by atoms with Crippen molar-refractivity contribution in [2.75, 3.05) is 20.1 Å². The number of fused-ring (bicyclic) bond motifs is 1. The van der Waals surface area contributed by atoms with Crippen LogP contribution in [0.2, 0.25) is 0 Å². The average Bonchev–Trinajstić information content (AvgIpc) is 3.04. The van der Waals surface area contributed by atoms with Crippen LogP contribution in [0.4, 0.5) is 4.39 Å². The molecule has 0 bridgehead atoms. The second-order valence-corrected chi connectivity index (χ2v) is 7.53. The molecule has 2 aromatic carbocycles. The number of amides is 1. The quantitative estimate of drug-likeness (QED) is 0.715. The van der Waals surface area contributed by atoms with Crippen LogP contribution in [-0.4, -0.2) is 40.5 Å². The van der Waals surface area contributed by atoms with Crippen LogP contribution in [0, 0.1) is 11.2 Å². The van der Waals surface area contributed by atoms with Gasteiger partial charge in [-0.1, -0.05) is 30.3 Å². The average molecular weight is 380 g/mol. The molecular weight excluding hydrogens is 355 g/mol. The minimum atomic E-state index is -0.597. The minimum absolute atomic E-state index is 0.0315. The zero-order chi connectivity index (χ0) is 19.7. The monoisotopic (exact) mass is 380 g/mol. The SMILES string of the molecule is CCn1c(CN2CC(Cc3ccccc3F)(C(=O)NC)C2)nc2ccccc21. The summed E-state index contributed by atoms with van der Waals surface area (Å²) in [4.78, 5) is 19.6. The maximum atomic E-state index is 14.2. The summed E-state index contributed by atoms with van der Waals surface area (Å²) in [6.45, 7) is 4.82. The molecule has 6 heteroatoms. The third kappa shape index (κ3) is 3.18. The number of rotatable bonds is 6. The number of halogens is 1.